The first-order valence-electron chi connectivity index (χ1n) is 47.7. The zero-order valence-corrected chi connectivity index (χ0v) is 77.0. The van der Waals surface area contributed by atoms with Crippen molar-refractivity contribution < 1.29 is 0 Å². The Hall–Kier alpha value is -17.4. The summed E-state index contributed by atoms with van der Waals surface area (Å²) in [6.07, 6.45) is 3.85. The van der Waals surface area contributed by atoms with Gasteiger partial charge >= 0.3 is 0 Å². The van der Waals surface area contributed by atoms with E-state index in [0.29, 0.717) is 17.7 Å². The zero-order valence-electron chi connectivity index (χ0n) is 77.0. The highest BCUT2D eigenvalue weighted by Gasteiger charge is 2.41. The maximum absolute atomic E-state index is 5.64. The molecule has 0 saturated carbocycles. The van der Waals surface area contributed by atoms with Gasteiger partial charge in [-0.05, 0) is 261 Å². The van der Waals surface area contributed by atoms with Crippen molar-refractivity contribution in [3.8, 4) is 174 Å². The van der Waals surface area contributed by atoms with Crippen LogP contribution in [0.25, 0.3) is 240 Å². The summed E-state index contributed by atoms with van der Waals surface area (Å²) in [5, 5.41) is 7.01. The van der Waals surface area contributed by atoms with Gasteiger partial charge in [0.1, 0.15) is 0 Å². The van der Waals surface area contributed by atoms with Crippen LogP contribution in [0.5, 0.6) is 0 Å². The van der Waals surface area contributed by atoms with Crippen LogP contribution in [-0.2, 0) is 16.2 Å². The van der Waals surface area contributed by atoms with Gasteiger partial charge in [-0.1, -0.05) is 333 Å². The van der Waals surface area contributed by atoms with Gasteiger partial charge in [-0.2, -0.15) is 0 Å². The largest absolute Gasteiger partial charge is 0.309 e. The third-order valence-electron chi connectivity index (χ3n) is 30.0. The van der Waals surface area contributed by atoms with Gasteiger partial charge in [0.2, 0.25) is 11.9 Å². The minimum Gasteiger partial charge on any atom is -0.309 e. The number of hydrogen-bond donors (Lipinski definition) is 0. The van der Waals surface area contributed by atoms with Gasteiger partial charge in [0.15, 0.2) is 5.82 Å². The van der Waals surface area contributed by atoms with Crippen LogP contribution < -0.4 is 0 Å². The summed E-state index contributed by atoms with van der Waals surface area (Å²) in [4.78, 5) is 32.1. The number of nitrogens with zero attached hydrogens (tertiary/aromatic N) is 9. The summed E-state index contributed by atoms with van der Waals surface area (Å²) < 4.78 is 7.00. The lowest BCUT2D eigenvalue weighted by molar-refractivity contribution is 0.661. The minimum absolute atomic E-state index is 0.194. The summed E-state index contributed by atoms with van der Waals surface area (Å²) in [7, 11) is 0. The Morgan fingerprint density at radius 2 is 0.536 bits per heavy atom. The van der Waals surface area contributed by atoms with Gasteiger partial charge in [0, 0.05) is 94.5 Å². The van der Waals surface area contributed by atoms with Crippen molar-refractivity contribution in [2.24, 2.45) is 0 Å². The molecule has 0 aliphatic heterocycles. The Bertz CT molecular complexity index is 9140. The van der Waals surface area contributed by atoms with E-state index in [1.165, 1.54) is 99.4 Å². The second-order valence-electron chi connectivity index (χ2n) is 38.9. The van der Waals surface area contributed by atoms with E-state index in [1.54, 1.807) is 0 Å². The molecule has 0 amide bonds. The molecule has 650 valence electrons. The van der Waals surface area contributed by atoms with Crippen molar-refractivity contribution >= 4 is 65.4 Å². The predicted molar refractivity (Wildman–Crippen MR) is 569 cm³/mol. The highest BCUT2D eigenvalue weighted by atomic mass is 15.2. The van der Waals surface area contributed by atoms with Crippen LogP contribution in [0.1, 0.15) is 74.9 Å². The lowest BCUT2D eigenvalue weighted by atomic mass is 9.81. The fraction of sp³-hybridized carbons (Fsp3) is 0.0698. The van der Waals surface area contributed by atoms with Crippen LogP contribution in [0.4, 0.5) is 0 Å². The molecule has 18 aromatic carbocycles. The number of benzene rings is 18. The lowest BCUT2D eigenvalue weighted by Crippen LogP contribution is -2.15. The van der Waals surface area contributed by atoms with Crippen molar-refractivity contribution in [2.75, 3.05) is 0 Å². The quantitative estimate of drug-likeness (QED) is 0.108. The van der Waals surface area contributed by atoms with Gasteiger partial charge < -0.3 is 4.57 Å². The molecule has 0 fully saturated rings. The number of rotatable bonds is 14. The third-order valence-corrected chi connectivity index (χ3v) is 30.0. The molecule has 9 heteroatoms. The van der Waals surface area contributed by atoms with Crippen molar-refractivity contribution in [1.29, 1.82) is 0 Å². The van der Waals surface area contributed by atoms with Crippen LogP contribution in [0, 0.1) is 0 Å². The van der Waals surface area contributed by atoms with Crippen molar-refractivity contribution in [2.45, 2.75) is 57.8 Å². The molecule has 0 unspecified atom stereocenters. The fourth-order valence-electron chi connectivity index (χ4n) is 23.0. The van der Waals surface area contributed by atoms with E-state index < -0.39 is 5.41 Å². The SMILES string of the molecule is CC1(C)c2ccc(-c3cc(-c4ccccc4)cc(-c4ccc(-c5ccnc(-n6c7ccccc7c7cc8c(cc76)C(C)(C)c6cccc(-c7cc(-c9ccc(-c%10ccccc%10)cc9)cc(-c9ccnc(-n%10c%11ccccc%11c%11cc%12c(cc%11%10)C(C)(C)c%10ccccc%10-%12)n9)c7)c6-8)n5)cc4)c3)cc2-c2cc3c4ccccc4n(-c4cccc(-c5nc(-c6ccccc6)cc(-c6ccccc6)n5)c4)c3cc21. The summed E-state index contributed by atoms with van der Waals surface area (Å²) in [5.41, 5.74) is 44.1. The van der Waals surface area contributed by atoms with Gasteiger partial charge in [-0.15, -0.1) is 0 Å². The van der Waals surface area contributed by atoms with Crippen molar-refractivity contribution in [3.05, 3.63) is 464 Å². The molecular formula is C129H89N9. The molecule has 24 aromatic rings. The Morgan fingerprint density at radius 3 is 1.09 bits per heavy atom. The van der Waals surface area contributed by atoms with Crippen LogP contribution >= 0.6 is 0 Å². The number of hydrogen-bond acceptors (Lipinski definition) is 6. The maximum Gasteiger partial charge on any atom is 0.235 e. The highest BCUT2D eigenvalue weighted by Crippen LogP contribution is 2.58. The Kier molecular flexibility index (Phi) is 17.9. The summed E-state index contributed by atoms with van der Waals surface area (Å²) >= 11 is 0. The predicted octanol–water partition coefficient (Wildman–Crippen LogP) is 32.6. The number of para-hydroxylation sites is 3. The Labute approximate surface area is 799 Å². The second kappa shape index (κ2) is 30.8. The normalized spacial score (nSPS) is 13.5. The summed E-state index contributed by atoms with van der Waals surface area (Å²) in [5.74, 6) is 1.91. The van der Waals surface area contributed by atoms with Gasteiger partial charge in [-0.25, -0.2) is 29.9 Å². The molecular weight excluding hydrogens is 1680 g/mol. The van der Waals surface area contributed by atoms with Crippen LogP contribution in [-0.4, -0.2) is 43.6 Å². The second-order valence-corrected chi connectivity index (χ2v) is 38.9. The lowest BCUT2D eigenvalue weighted by Gasteiger charge is -2.22. The maximum atomic E-state index is 5.64. The van der Waals surface area contributed by atoms with Crippen LogP contribution in [0.3, 0.4) is 0 Å². The van der Waals surface area contributed by atoms with E-state index in [-0.39, 0.29) is 10.8 Å². The zero-order chi connectivity index (χ0) is 92.0. The molecule has 0 atom stereocenters. The van der Waals surface area contributed by atoms with Gasteiger partial charge in [0.05, 0.1) is 55.9 Å². The molecule has 3 aliphatic carbocycles. The fourth-order valence-corrected chi connectivity index (χ4v) is 23.0. The van der Waals surface area contributed by atoms with Gasteiger partial charge in [0.25, 0.3) is 0 Å². The molecule has 3 aliphatic rings. The van der Waals surface area contributed by atoms with E-state index in [9.17, 15) is 0 Å². The monoisotopic (exact) mass is 1760 g/mol. The van der Waals surface area contributed by atoms with E-state index >= 15 is 0 Å². The average molecular weight is 1770 g/mol. The Balaban J connectivity index is 0.528. The topological polar surface area (TPSA) is 92.1 Å². The first-order valence-corrected chi connectivity index (χ1v) is 47.7. The van der Waals surface area contributed by atoms with E-state index in [0.717, 1.165) is 156 Å². The molecule has 138 heavy (non-hydrogen) atoms. The Morgan fingerprint density at radius 1 is 0.181 bits per heavy atom. The van der Waals surface area contributed by atoms with E-state index in [4.69, 9.17) is 29.9 Å². The molecule has 0 N–H and O–H groups in total. The number of aromatic nitrogens is 9. The van der Waals surface area contributed by atoms with Crippen LogP contribution in [0.2, 0.25) is 0 Å². The first kappa shape index (κ1) is 80.3. The van der Waals surface area contributed by atoms with Crippen LogP contribution in [0.15, 0.2) is 431 Å². The smallest absolute Gasteiger partial charge is 0.235 e. The summed E-state index contributed by atoms with van der Waals surface area (Å²) in [6, 6.07) is 153. The highest BCUT2D eigenvalue weighted by molar-refractivity contribution is 6.15. The molecule has 0 spiro atoms. The summed E-state index contributed by atoms with van der Waals surface area (Å²) in [6.45, 7) is 14.2. The molecule has 6 aromatic heterocycles. The van der Waals surface area contributed by atoms with Crippen molar-refractivity contribution in [1.82, 2.24) is 43.6 Å². The molecule has 6 heterocycles. The van der Waals surface area contributed by atoms with Gasteiger partial charge in [-0.3, -0.25) is 9.13 Å². The molecule has 27 rings (SSSR count). The minimum atomic E-state index is -0.401. The van der Waals surface area contributed by atoms with Crippen molar-refractivity contribution in [3.63, 3.8) is 0 Å². The molecule has 0 bridgehead atoms. The number of fused-ring (bicyclic) bond motifs is 18. The molecule has 0 radical (unpaired) electrons. The third kappa shape index (κ3) is 12.7. The average Bonchev–Trinajstić information content (AvgIpc) is 1.55. The molecule has 9 nitrogen and oxygen atoms in total. The van der Waals surface area contributed by atoms with E-state index in [1.807, 2.05) is 30.6 Å². The molecule has 0 saturated heterocycles. The van der Waals surface area contributed by atoms with E-state index in [2.05, 4.69) is 456 Å². The first-order chi connectivity index (χ1) is 67.6. The standard InChI is InChI=1S/C129H89N9/c1-127(2)107-44-23-19-39-96(107)101-71-104-98-41-21-25-47-118(98)137(121(104)75-110(101)127)126-131-62-60-114(135-126)93-67-90(81-51-49-80(50-52-81)78-29-11-7-12-30-78)66-92(68-93)95-43-28-45-109-123(95)106-73-105-99-42-22-26-48-119(99)138(122(105)76-112(106)129(109,5)6)125-130-61-59-113(134-125)85-55-53-82(54-56-85)89-63-88(79-31-13-8-14-32-79)64-91(65-89)86-57-58-108-100(70-86)102-72-103-97-40-20-24-46-117(97)136(120(103)74-111(102)128(108,3)4)94-38-27-37-87(69-94)124-132-115(83-33-15-9-16-34-83)77-116(133-124)84-35-17-10-18-36-84/h7-77H,1-6H3.